The molecule has 0 radical (unpaired) electrons. The highest BCUT2D eigenvalue weighted by molar-refractivity contribution is 7.18. The summed E-state index contributed by atoms with van der Waals surface area (Å²) in [6.07, 6.45) is 2.89. The zero-order chi connectivity index (χ0) is 13.8. The number of anilines is 2. The lowest BCUT2D eigenvalue weighted by Gasteiger charge is -2.25. The third-order valence-corrected chi connectivity index (χ3v) is 4.06. The predicted molar refractivity (Wildman–Crippen MR) is 76.6 cm³/mol. The molecular weight excluding hydrogens is 264 g/mol. The Morgan fingerprint density at radius 3 is 3.00 bits per heavy atom. The zero-order valence-electron chi connectivity index (χ0n) is 11.1. The van der Waals surface area contributed by atoms with Gasteiger partial charge in [-0.05, 0) is 12.0 Å². The lowest BCUT2D eigenvalue weighted by molar-refractivity contribution is 0.0770. The van der Waals surface area contributed by atoms with E-state index in [2.05, 4.69) is 10.3 Å². The highest BCUT2D eigenvalue weighted by atomic mass is 32.1. The molecule has 1 aliphatic rings. The van der Waals surface area contributed by atoms with Crippen molar-refractivity contribution in [2.75, 3.05) is 44.9 Å². The van der Waals surface area contributed by atoms with Crippen molar-refractivity contribution in [2.45, 2.75) is 6.42 Å². The molecule has 0 atom stereocenters. The van der Waals surface area contributed by atoms with Crippen LogP contribution in [0.25, 0.3) is 0 Å². The summed E-state index contributed by atoms with van der Waals surface area (Å²) < 4.78 is 5.09. The molecule has 0 unspecified atom stereocenters. The zero-order valence-corrected chi connectivity index (χ0v) is 11.9. The number of ether oxygens (including phenoxy) is 1. The number of aromatic nitrogens is 1. The Bertz CT molecular complexity index is 498. The Labute approximate surface area is 116 Å². The summed E-state index contributed by atoms with van der Waals surface area (Å²) in [4.78, 5) is 18.7. The van der Waals surface area contributed by atoms with Crippen LogP contribution < -0.4 is 11.1 Å². The Balaban J connectivity index is 2.07. The number of carbonyl (C=O) groups excluding carboxylic acids is 1. The second-order valence-electron chi connectivity index (χ2n) is 4.28. The standard InChI is InChI=1S/C12H18N4O2S/c1-14-12-15-10(13)9(19-12)11(17)16-5-3-8(4-6-16)7-18-2/h3H,4-7,13H2,1-2H3,(H,14,15). The van der Waals surface area contributed by atoms with Crippen LogP contribution in [-0.4, -0.2) is 49.6 Å². The van der Waals surface area contributed by atoms with Gasteiger partial charge in [-0.3, -0.25) is 4.79 Å². The minimum absolute atomic E-state index is 0.0517. The van der Waals surface area contributed by atoms with Crippen molar-refractivity contribution in [3.8, 4) is 0 Å². The van der Waals surface area contributed by atoms with Gasteiger partial charge in [0.2, 0.25) is 0 Å². The van der Waals surface area contributed by atoms with Crippen LogP contribution in [0.2, 0.25) is 0 Å². The smallest absolute Gasteiger partial charge is 0.268 e. The molecule has 0 spiro atoms. The van der Waals surface area contributed by atoms with E-state index in [4.69, 9.17) is 10.5 Å². The van der Waals surface area contributed by atoms with Crippen LogP contribution in [0.15, 0.2) is 11.6 Å². The van der Waals surface area contributed by atoms with Crippen LogP contribution >= 0.6 is 11.3 Å². The molecule has 2 rings (SSSR count). The van der Waals surface area contributed by atoms with Gasteiger partial charge in [-0.1, -0.05) is 17.4 Å². The first-order chi connectivity index (χ1) is 9.15. The van der Waals surface area contributed by atoms with Crippen molar-refractivity contribution in [3.05, 3.63) is 16.5 Å². The average molecular weight is 282 g/mol. The highest BCUT2D eigenvalue weighted by Gasteiger charge is 2.23. The third-order valence-electron chi connectivity index (χ3n) is 2.98. The lowest BCUT2D eigenvalue weighted by atomic mass is 10.1. The van der Waals surface area contributed by atoms with Crippen molar-refractivity contribution < 1.29 is 9.53 Å². The third kappa shape index (κ3) is 3.05. The maximum absolute atomic E-state index is 12.3. The molecule has 0 fully saturated rings. The minimum Gasteiger partial charge on any atom is -0.382 e. The Morgan fingerprint density at radius 1 is 1.68 bits per heavy atom. The molecule has 1 amide bonds. The highest BCUT2D eigenvalue weighted by Crippen LogP contribution is 2.26. The number of rotatable bonds is 4. The molecule has 1 aromatic rings. The molecule has 0 aliphatic carbocycles. The van der Waals surface area contributed by atoms with Gasteiger partial charge in [-0.2, -0.15) is 0 Å². The average Bonchev–Trinajstić information content (AvgIpc) is 2.80. The monoisotopic (exact) mass is 282 g/mol. The largest absolute Gasteiger partial charge is 0.382 e. The number of amides is 1. The van der Waals surface area contributed by atoms with Gasteiger partial charge in [0.1, 0.15) is 10.7 Å². The molecule has 2 heterocycles. The number of nitrogen functional groups attached to an aromatic ring is 1. The number of carbonyl (C=O) groups is 1. The van der Waals surface area contributed by atoms with E-state index in [9.17, 15) is 4.79 Å². The van der Waals surface area contributed by atoms with Crippen molar-refractivity contribution in [3.63, 3.8) is 0 Å². The van der Waals surface area contributed by atoms with Gasteiger partial charge in [0.05, 0.1) is 6.61 Å². The SMILES string of the molecule is CNc1nc(N)c(C(=O)N2CC=C(COC)CC2)s1. The Morgan fingerprint density at radius 2 is 2.47 bits per heavy atom. The summed E-state index contributed by atoms with van der Waals surface area (Å²) in [6, 6.07) is 0. The lowest BCUT2D eigenvalue weighted by Crippen LogP contribution is -2.35. The molecule has 6 nitrogen and oxygen atoms in total. The van der Waals surface area contributed by atoms with Gasteiger partial charge in [0, 0.05) is 27.2 Å². The molecule has 104 valence electrons. The fourth-order valence-corrected chi connectivity index (χ4v) is 2.75. The number of nitrogens with one attached hydrogen (secondary N) is 1. The topological polar surface area (TPSA) is 80.5 Å². The normalized spacial score (nSPS) is 15.3. The van der Waals surface area contributed by atoms with E-state index in [-0.39, 0.29) is 5.91 Å². The van der Waals surface area contributed by atoms with Crippen LogP contribution in [0.3, 0.4) is 0 Å². The number of nitrogens with two attached hydrogens (primary N) is 1. The summed E-state index contributed by atoms with van der Waals surface area (Å²) in [7, 11) is 3.43. The first-order valence-corrected chi connectivity index (χ1v) is 6.87. The van der Waals surface area contributed by atoms with Gasteiger partial charge in [0.15, 0.2) is 5.13 Å². The molecule has 0 aromatic carbocycles. The van der Waals surface area contributed by atoms with E-state index < -0.39 is 0 Å². The summed E-state index contributed by atoms with van der Waals surface area (Å²) in [6.45, 7) is 1.93. The van der Waals surface area contributed by atoms with E-state index in [1.165, 1.54) is 16.9 Å². The fraction of sp³-hybridized carbons (Fsp3) is 0.500. The maximum Gasteiger partial charge on any atom is 0.268 e. The van der Waals surface area contributed by atoms with Crippen molar-refractivity contribution in [2.24, 2.45) is 0 Å². The molecule has 3 N–H and O–H groups in total. The van der Waals surface area contributed by atoms with E-state index in [0.29, 0.717) is 35.5 Å². The van der Waals surface area contributed by atoms with Crippen LogP contribution in [0.5, 0.6) is 0 Å². The Hall–Kier alpha value is -1.60. The van der Waals surface area contributed by atoms with Crippen molar-refractivity contribution in [1.82, 2.24) is 9.88 Å². The number of nitrogens with zero attached hydrogens (tertiary/aromatic N) is 2. The molecule has 7 heteroatoms. The van der Waals surface area contributed by atoms with Gasteiger partial charge in [-0.25, -0.2) is 4.98 Å². The molecule has 0 saturated carbocycles. The predicted octanol–water partition coefficient (Wildman–Crippen LogP) is 1.19. The molecular formula is C12H18N4O2S. The molecule has 1 aromatic heterocycles. The minimum atomic E-state index is -0.0517. The van der Waals surface area contributed by atoms with Gasteiger partial charge >= 0.3 is 0 Å². The molecule has 0 saturated heterocycles. The summed E-state index contributed by atoms with van der Waals surface area (Å²) in [5.41, 5.74) is 7.01. The summed E-state index contributed by atoms with van der Waals surface area (Å²) in [5, 5.41) is 3.56. The van der Waals surface area contributed by atoms with Gasteiger partial charge in [-0.15, -0.1) is 0 Å². The van der Waals surface area contributed by atoms with Gasteiger partial charge < -0.3 is 20.7 Å². The van der Waals surface area contributed by atoms with E-state index in [0.717, 1.165) is 6.42 Å². The second-order valence-corrected chi connectivity index (χ2v) is 5.28. The quantitative estimate of drug-likeness (QED) is 0.811. The van der Waals surface area contributed by atoms with Crippen molar-refractivity contribution >= 4 is 28.2 Å². The van der Waals surface area contributed by atoms with Crippen LogP contribution in [-0.2, 0) is 4.74 Å². The summed E-state index contributed by atoms with van der Waals surface area (Å²) in [5.74, 6) is 0.246. The van der Waals surface area contributed by atoms with Gasteiger partial charge in [0.25, 0.3) is 5.91 Å². The number of hydrogen-bond acceptors (Lipinski definition) is 6. The van der Waals surface area contributed by atoms with Crippen LogP contribution in [0.1, 0.15) is 16.1 Å². The van der Waals surface area contributed by atoms with E-state index >= 15 is 0 Å². The molecule has 19 heavy (non-hydrogen) atoms. The van der Waals surface area contributed by atoms with Crippen LogP contribution in [0.4, 0.5) is 10.9 Å². The number of thiazole rings is 1. The molecule has 1 aliphatic heterocycles. The first kappa shape index (κ1) is 13.8. The first-order valence-electron chi connectivity index (χ1n) is 6.06. The van der Waals surface area contributed by atoms with Crippen LogP contribution in [0, 0.1) is 0 Å². The Kier molecular flexibility index (Phi) is 4.39. The fourth-order valence-electron chi connectivity index (χ4n) is 1.95. The second kappa shape index (κ2) is 6.03. The van der Waals surface area contributed by atoms with E-state index in [1.54, 1.807) is 19.1 Å². The molecule has 0 bridgehead atoms. The number of hydrogen-bond donors (Lipinski definition) is 2. The van der Waals surface area contributed by atoms with Crippen molar-refractivity contribution in [1.29, 1.82) is 0 Å². The summed E-state index contributed by atoms with van der Waals surface area (Å²) >= 11 is 1.29. The maximum atomic E-state index is 12.3. The number of methoxy groups -OCH3 is 1. The van der Waals surface area contributed by atoms with E-state index in [1.807, 2.05) is 6.08 Å².